The third kappa shape index (κ3) is 6.76. The number of hydrogen-bond donors (Lipinski definition) is 2. The molecule has 1 aromatic rings. The number of aliphatic imine (C=N–C) groups is 1. The van der Waals surface area contributed by atoms with Gasteiger partial charge in [-0.15, -0.1) is 24.0 Å². The fourth-order valence-electron chi connectivity index (χ4n) is 4.20. The highest BCUT2D eigenvalue weighted by atomic mass is 127. The fourth-order valence-corrected chi connectivity index (χ4v) is 4.20. The number of para-hydroxylation sites is 1. The molecule has 7 heteroatoms. The Morgan fingerprint density at radius 2 is 1.97 bits per heavy atom. The number of amides is 1. The number of carbonyl (C=O) groups is 1. The summed E-state index contributed by atoms with van der Waals surface area (Å²) in [4.78, 5) is 19.1. The summed E-state index contributed by atoms with van der Waals surface area (Å²) in [7, 11) is 1.78. The highest BCUT2D eigenvalue weighted by Gasteiger charge is 2.31. The van der Waals surface area contributed by atoms with Crippen LogP contribution in [0.5, 0.6) is 5.75 Å². The molecular weight excluding hydrogens is 479 g/mol. The standard InChI is InChI=1S/C22H34N4O2.HI/c1-3-28-20-12-8-7-11-18(20)15-24-22(23-2)25-19-13-14-26(16-19)21(27)17-9-5-4-6-10-17;/h7-8,11-12,17,19H,3-6,9-10,13-16H2,1-2H3,(H2,23,24,25);1H. The zero-order valence-electron chi connectivity index (χ0n) is 17.7. The van der Waals surface area contributed by atoms with Crippen LogP contribution < -0.4 is 15.4 Å². The van der Waals surface area contributed by atoms with E-state index < -0.39 is 0 Å². The van der Waals surface area contributed by atoms with Gasteiger partial charge in [0.05, 0.1) is 6.61 Å². The number of nitrogens with one attached hydrogen (secondary N) is 2. The number of halogens is 1. The van der Waals surface area contributed by atoms with Gasteiger partial charge in [0.15, 0.2) is 5.96 Å². The van der Waals surface area contributed by atoms with Crippen molar-refractivity contribution < 1.29 is 9.53 Å². The second kappa shape index (κ2) is 12.2. The summed E-state index contributed by atoms with van der Waals surface area (Å²) < 4.78 is 5.69. The summed E-state index contributed by atoms with van der Waals surface area (Å²) in [5, 5.41) is 6.85. The van der Waals surface area contributed by atoms with Crippen LogP contribution in [0.3, 0.4) is 0 Å². The first-order chi connectivity index (χ1) is 13.7. The second-order valence-electron chi connectivity index (χ2n) is 7.72. The van der Waals surface area contributed by atoms with Gasteiger partial charge in [0, 0.05) is 44.2 Å². The first-order valence-electron chi connectivity index (χ1n) is 10.7. The lowest BCUT2D eigenvalue weighted by molar-refractivity contribution is -0.135. The Bertz CT molecular complexity index is 677. The van der Waals surface area contributed by atoms with E-state index in [-0.39, 0.29) is 35.9 Å². The molecule has 6 nitrogen and oxygen atoms in total. The molecule has 1 heterocycles. The molecule has 3 rings (SSSR count). The molecule has 1 amide bonds. The molecule has 2 aliphatic rings. The molecule has 0 spiro atoms. The molecule has 1 aliphatic heterocycles. The summed E-state index contributed by atoms with van der Waals surface area (Å²) in [6, 6.07) is 8.30. The lowest BCUT2D eigenvalue weighted by atomic mass is 9.88. The van der Waals surface area contributed by atoms with E-state index in [4.69, 9.17) is 4.74 Å². The van der Waals surface area contributed by atoms with E-state index in [1.54, 1.807) is 7.05 Å². The maximum atomic E-state index is 12.7. The molecule has 1 aromatic carbocycles. The van der Waals surface area contributed by atoms with E-state index >= 15 is 0 Å². The van der Waals surface area contributed by atoms with Crippen molar-refractivity contribution in [2.45, 2.75) is 58.0 Å². The van der Waals surface area contributed by atoms with Gasteiger partial charge in [-0.25, -0.2) is 0 Å². The van der Waals surface area contributed by atoms with E-state index in [9.17, 15) is 4.79 Å². The molecule has 0 radical (unpaired) electrons. The molecule has 2 N–H and O–H groups in total. The summed E-state index contributed by atoms with van der Waals surface area (Å²) in [5.41, 5.74) is 1.10. The summed E-state index contributed by atoms with van der Waals surface area (Å²) in [6.45, 7) is 4.90. The lowest BCUT2D eigenvalue weighted by Gasteiger charge is -2.26. The Kier molecular flexibility index (Phi) is 10.0. The van der Waals surface area contributed by atoms with Crippen LogP contribution >= 0.6 is 24.0 Å². The molecule has 1 unspecified atom stereocenters. The topological polar surface area (TPSA) is 66.0 Å². The highest BCUT2D eigenvalue weighted by Crippen LogP contribution is 2.26. The molecule has 162 valence electrons. The molecule has 29 heavy (non-hydrogen) atoms. The van der Waals surface area contributed by atoms with E-state index in [0.29, 0.717) is 19.1 Å². The minimum Gasteiger partial charge on any atom is -0.494 e. The molecular formula is C22H35IN4O2. The van der Waals surface area contributed by atoms with Crippen molar-refractivity contribution in [3.8, 4) is 5.75 Å². The maximum Gasteiger partial charge on any atom is 0.225 e. The zero-order chi connectivity index (χ0) is 19.8. The third-order valence-corrected chi connectivity index (χ3v) is 5.74. The molecule has 1 saturated carbocycles. The van der Waals surface area contributed by atoms with Gasteiger partial charge in [0.2, 0.25) is 5.91 Å². The first kappa shape index (κ1) is 23.8. The lowest BCUT2D eigenvalue weighted by Crippen LogP contribution is -2.45. The Labute approximate surface area is 191 Å². The highest BCUT2D eigenvalue weighted by molar-refractivity contribution is 14.0. The van der Waals surface area contributed by atoms with Crippen LogP contribution in [-0.4, -0.2) is 49.6 Å². The Balaban J connectivity index is 0.00000300. The summed E-state index contributed by atoms with van der Waals surface area (Å²) >= 11 is 0. The molecule has 1 atom stereocenters. The molecule has 0 aromatic heterocycles. The van der Waals surface area contributed by atoms with E-state index in [0.717, 1.165) is 49.6 Å². The van der Waals surface area contributed by atoms with Crippen molar-refractivity contribution in [1.82, 2.24) is 15.5 Å². The van der Waals surface area contributed by atoms with Gasteiger partial charge in [-0.05, 0) is 32.3 Å². The van der Waals surface area contributed by atoms with Crippen molar-refractivity contribution >= 4 is 35.8 Å². The summed E-state index contributed by atoms with van der Waals surface area (Å²) in [5.74, 6) is 2.28. The quantitative estimate of drug-likeness (QED) is 0.346. The molecule has 2 fully saturated rings. The number of likely N-dealkylation sites (tertiary alicyclic amines) is 1. The van der Waals surface area contributed by atoms with Crippen LogP contribution in [0.25, 0.3) is 0 Å². The minimum atomic E-state index is 0. The fraction of sp³-hybridized carbons (Fsp3) is 0.636. The first-order valence-corrected chi connectivity index (χ1v) is 10.7. The predicted octanol–water partition coefficient (Wildman–Crippen LogP) is 3.55. The van der Waals surface area contributed by atoms with Crippen LogP contribution in [0, 0.1) is 5.92 Å². The smallest absolute Gasteiger partial charge is 0.225 e. The monoisotopic (exact) mass is 514 g/mol. The molecule has 1 aliphatic carbocycles. The van der Waals surface area contributed by atoms with Crippen LogP contribution in [0.1, 0.15) is 51.0 Å². The second-order valence-corrected chi connectivity index (χ2v) is 7.72. The van der Waals surface area contributed by atoms with Crippen LogP contribution in [0.2, 0.25) is 0 Å². The SMILES string of the molecule is CCOc1ccccc1CNC(=NC)NC1CCN(C(=O)C2CCCCC2)C1.I. The number of ether oxygens (including phenoxy) is 1. The van der Waals surface area contributed by atoms with Gasteiger partial charge in [0.1, 0.15) is 5.75 Å². The number of guanidine groups is 1. The Hall–Kier alpha value is -1.51. The van der Waals surface area contributed by atoms with Gasteiger partial charge >= 0.3 is 0 Å². The van der Waals surface area contributed by atoms with Crippen LogP contribution in [0.15, 0.2) is 29.3 Å². The number of carbonyl (C=O) groups excluding carboxylic acids is 1. The van der Waals surface area contributed by atoms with Gasteiger partial charge < -0.3 is 20.3 Å². The van der Waals surface area contributed by atoms with E-state index in [1.165, 1.54) is 19.3 Å². The van der Waals surface area contributed by atoms with E-state index in [2.05, 4.69) is 21.7 Å². The van der Waals surface area contributed by atoms with Crippen molar-refractivity contribution in [2.75, 3.05) is 26.7 Å². The third-order valence-electron chi connectivity index (χ3n) is 5.74. The number of rotatable bonds is 6. The normalized spacial score (nSPS) is 20.1. The number of benzene rings is 1. The number of nitrogens with zero attached hydrogens (tertiary/aromatic N) is 2. The molecule has 0 bridgehead atoms. The van der Waals surface area contributed by atoms with E-state index in [1.807, 2.05) is 30.0 Å². The van der Waals surface area contributed by atoms with Crippen LogP contribution in [0.4, 0.5) is 0 Å². The maximum absolute atomic E-state index is 12.7. The van der Waals surface area contributed by atoms with Crippen molar-refractivity contribution in [3.63, 3.8) is 0 Å². The van der Waals surface area contributed by atoms with Gasteiger partial charge in [-0.2, -0.15) is 0 Å². The van der Waals surface area contributed by atoms with Crippen molar-refractivity contribution in [3.05, 3.63) is 29.8 Å². The average Bonchev–Trinajstić information content (AvgIpc) is 3.21. The van der Waals surface area contributed by atoms with Gasteiger partial charge in [-0.3, -0.25) is 9.79 Å². The number of hydrogen-bond acceptors (Lipinski definition) is 3. The Morgan fingerprint density at radius 1 is 1.21 bits per heavy atom. The van der Waals surface area contributed by atoms with Gasteiger partial charge in [-0.1, -0.05) is 37.5 Å². The largest absolute Gasteiger partial charge is 0.494 e. The summed E-state index contributed by atoms with van der Waals surface area (Å²) in [6.07, 6.45) is 6.78. The minimum absolute atomic E-state index is 0. The predicted molar refractivity (Wildman–Crippen MR) is 128 cm³/mol. The van der Waals surface area contributed by atoms with Crippen LogP contribution in [-0.2, 0) is 11.3 Å². The van der Waals surface area contributed by atoms with Crippen molar-refractivity contribution in [2.24, 2.45) is 10.9 Å². The average molecular weight is 514 g/mol. The van der Waals surface area contributed by atoms with Gasteiger partial charge in [0.25, 0.3) is 0 Å². The zero-order valence-corrected chi connectivity index (χ0v) is 20.0. The van der Waals surface area contributed by atoms with Crippen molar-refractivity contribution in [1.29, 1.82) is 0 Å². The molecule has 1 saturated heterocycles. The Morgan fingerprint density at radius 3 is 2.69 bits per heavy atom.